The van der Waals surface area contributed by atoms with E-state index in [1.54, 1.807) is 32.4 Å². The molecule has 0 saturated carbocycles. The van der Waals surface area contributed by atoms with Crippen molar-refractivity contribution < 1.29 is 14.2 Å². The molecule has 0 fully saturated rings. The molecule has 0 aliphatic heterocycles. The van der Waals surface area contributed by atoms with E-state index in [4.69, 9.17) is 14.2 Å². The minimum atomic E-state index is -0.531. The van der Waals surface area contributed by atoms with Gasteiger partial charge in [-0.3, -0.25) is 0 Å². The molecule has 0 N–H and O–H groups in total. The molecule has 1 aromatic rings. The van der Waals surface area contributed by atoms with Gasteiger partial charge < -0.3 is 14.2 Å². The van der Waals surface area contributed by atoms with Crippen LogP contribution in [0.3, 0.4) is 0 Å². The molecule has 1 aromatic carbocycles. The highest BCUT2D eigenvalue weighted by atomic mass is 16.7. The molecule has 0 radical (unpaired) electrons. The summed E-state index contributed by atoms with van der Waals surface area (Å²) in [5, 5.41) is 0. The molecule has 0 heterocycles. The van der Waals surface area contributed by atoms with E-state index in [1.165, 1.54) is 0 Å². The Kier molecular flexibility index (Phi) is 6.93. The van der Waals surface area contributed by atoms with Crippen LogP contribution in [-0.2, 0) is 4.74 Å². The molecule has 0 aliphatic carbocycles. The van der Waals surface area contributed by atoms with Crippen LogP contribution in [0.1, 0.15) is 0 Å². The first-order chi connectivity index (χ1) is 9.74. The van der Waals surface area contributed by atoms with E-state index in [1.807, 2.05) is 36.4 Å². The van der Waals surface area contributed by atoms with Gasteiger partial charge in [0.05, 0.1) is 7.11 Å². The molecule has 20 heavy (non-hydrogen) atoms. The van der Waals surface area contributed by atoms with Crippen LogP contribution in [0.2, 0.25) is 0 Å². The van der Waals surface area contributed by atoms with Crippen molar-refractivity contribution in [3.8, 4) is 11.5 Å². The summed E-state index contributed by atoms with van der Waals surface area (Å²) in [6.45, 7) is 7.34. The number of hydrogen-bond acceptors (Lipinski definition) is 3. The normalized spacial score (nSPS) is 13.0. The van der Waals surface area contributed by atoms with Gasteiger partial charge in [0.15, 0.2) is 0 Å². The fraction of sp³-hybridized carbons (Fsp3) is 0.176. The molecule has 1 rings (SSSR count). The minimum Gasteiger partial charge on any atom is -0.497 e. The molecule has 1 unspecified atom stereocenters. The predicted molar refractivity (Wildman–Crippen MR) is 82.0 cm³/mol. The van der Waals surface area contributed by atoms with Crippen molar-refractivity contribution in [2.24, 2.45) is 0 Å². The van der Waals surface area contributed by atoms with Gasteiger partial charge in [0, 0.05) is 18.7 Å². The third kappa shape index (κ3) is 4.78. The first-order valence-corrected chi connectivity index (χ1v) is 6.20. The second-order valence-electron chi connectivity index (χ2n) is 3.86. The molecule has 1 atom stereocenters. The lowest BCUT2D eigenvalue weighted by molar-refractivity contribution is -0.0221. The van der Waals surface area contributed by atoms with Gasteiger partial charge in [0.1, 0.15) is 11.5 Å². The van der Waals surface area contributed by atoms with Crippen molar-refractivity contribution in [3.63, 3.8) is 0 Å². The van der Waals surface area contributed by atoms with Crippen molar-refractivity contribution in [2.45, 2.75) is 6.29 Å². The lowest BCUT2D eigenvalue weighted by atomic mass is 10.2. The first-order valence-electron chi connectivity index (χ1n) is 6.20. The van der Waals surface area contributed by atoms with Crippen LogP contribution in [0.5, 0.6) is 11.5 Å². The monoisotopic (exact) mass is 272 g/mol. The maximum atomic E-state index is 5.81. The minimum absolute atomic E-state index is 0.531. The Morgan fingerprint density at radius 1 is 1.15 bits per heavy atom. The smallest absolute Gasteiger partial charge is 0.226 e. The fourth-order valence-corrected chi connectivity index (χ4v) is 1.58. The lowest BCUT2D eigenvalue weighted by Gasteiger charge is -2.19. The molecule has 0 spiro atoms. The van der Waals surface area contributed by atoms with Gasteiger partial charge in [-0.15, -0.1) is 0 Å². The van der Waals surface area contributed by atoms with E-state index < -0.39 is 6.29 Å². The van der Waals surface area contributed by atoms with E-state index in [2.05, 4.69) is 13.2 Å². The van der Waals surface area contributed by atoms with Crippen LogP contribution in [-0.4, -0.2) is 20.5 Å². The van der Waals surface area contributed by atoms with Crippen LogP contribution in [0.4, 0.5) is 0 Å². The Hall–Kier alpha value is -2.26. The molecule has 0 saturated heterocycles. The van der Waals surface area contributed by atoms with E-state index in [0.717, 1.165) is 11.3 Å². The second kappa shape index (κ2) is 8.77. The molecule has 3 heteroatoms. The fourth-order valence-electron chi connectivity index (χ4n) is 1.58. The number of ether oxygens (including phenoxy) is 3. The molecule has 0 amide bonds. The molecule has 3 nitrogen and oxygen atoms in total. The SMILES string of the molecule is C=C/C=C\C(=C/C=C)C(OC)Oc1cccc(OC)c1. The summed E-state index contributed by atoms with van der Waals surface area (Å²) < 4.78 is 16.4. The number of allylic oxidation sites excluding steroid dienone is 4. The van der Waals surface area contributed by atoms with Crippen LogP contribution in [0.25, 0.3) is 0 Å². The van der Waals surface area contributed by atoms with Gasteiger partial charge in [0.25, 0.3) is 0 Å². The zero-order chi connectivity index (χ0) is 14.8. The third-order valence-electron chi connectivity index (χ3n) is 2.51. The van der Waals surface area contributed by atoms with Gasteiger partial charge in [-0.1, -0.05) is 49.6 Å². The maximum absolute atomic E-state index is 5.81. The molecule has 0 bridgehead atoms. The number of methoxy groups -OCH3 is 2. The van der Waals surface area contributed by atoms with E-state index in [0.29, 0.717) is 5.75 Å². The Labute approximate surface area is 120 Å². The van der Waals surface area contributed by atoms with Crippen molar-refractivity contribution in [2.75, 3.05) is 14.2 Å². The maximum Gasteiger partial charge on any atom is 0.226 e. The molecule has 0 aliphatic rings. The van der Waals surface area contributed by atoms with Crippen LogP contribution in [0.15, 0.2) is 73.4 Å². The van der Waals surface area contributed by atoms with E-state index in [-0.39, 0.29) is 0 Å². The number of hydrogen-bond donors (Lipinski definition) is 0. The largest absolute Gasteiger partial charge is 0.497 e. The lowest BCUT2D eigenvalue weighted by Crippen LogP contribution is -2.20. The molecular weight excluding hydrogens is 252 g/mol. The first kappa shape index (κ1) is 15.8. The summed E-state index contributed by atoms with van der Waals surface area (Å²) >= 11 is 0. The molecular formula is C17H20O3. The van der Waals surface area contributed by atoms with Crippen LogP contribution in [0, 0.1) is 0 Å². The van der Waals surface area contributed by atoms with E-state index in [9.17, 15) is 0 Å². The van der Waals surface area contributed by atoms with Crippen LogP contribution >= 0.6 is 0 Å². The summed E-state index contributed by atoms with van der Waals surface area (Å²) in [6, 6.07) is 7.36. The highest BCUT2D eigenvalue weighted by molar-refractivity contribution is 5.34. The average molecular weight is 272 g/mol. The summed E-state index contributed by atoms with van der Waals surface area (Å²) in [7, 11) is 3.20. The highest BCUT2D eigenvalue weighted by Gasteiger charge is 2.13. The molecule has 106 valence electrons. The van der Waals surface area contributed by atoms with E-state index >= 15 is 0 Å². The second-order valence-corrected chi connectivity index (χ2v) is 3.86. The Balaban J connectivity index is 2.93. The highest BCUT2D eigenvalue weighted by Crippen LogP contribution is 2.22. The average Bonchev–Trinajstić information content (AvgIpc) is 2.49. The molecule has 0 aromatic heterocycles. The van der Waals surface area contributed by atoms with Crippen molar-refractivity contribution in [1.82, 2.24) is 0 Å². The van der Waals surface area contributed by atoms with Crippen LogP contribution < -0.4 is 9.47 Å². The summed E-state index contributed by atoms with van der Waals surface area (Å²) in [4.78, 5) is 0. The van der Waals surface area contributed by atoms with Crippen molar-refractivity contribution in [3.05, 3.63) is 73.4 Å². The van der Waals surface area contributed by atoms with Gasteiger partial charge in [0.2, 0.25) is 6.29 Å². The summed E-state index contributed by atoms with van der Waals surface area (Å²) in [5.41, 5.74) is 0.838. The summed E-state index contributed by atoms with van der Waals surface area (Å²) in [5.74, 6) is 1.39. The van der Waals surface area contributed by atoms with Crippen molar-refractivity contribution >= 4 is 0 Å². The Morgan fingerprint density at radius 2 is 1.90 bits per heavy atom. The topological polar surface area (TPSA) is 27.7 Å². The zero-order valence-corrected chi connectivity index (χ0v) is 11.9. The third-order valence-corrected chi connectivity index (χ3v) is 2.51. The zero-order valence-electron chi connectivity index (χ0n) is 11.9. The van der Waals surface area contributed by atoms with Crippen molar-refractivity contribution in [1.29, 1.82) is 0 Å². The van der Waals surface area contributed by atoms with Gasteiger partial charge in [-0.05, 0) is 12.1 Å². The summed E-state index contributed by atoms with van der Waals surface area (Å²) in [6.07, 6.45) is 8.35. The predicted octanol–water partition coefficient (Wildman–Crippen LogP) is 3.90. The number of benzene rings is 1. The van der Waals surface area contributed by atoms with Gasteiger partial charge in [-0.25, -0.2) is 0 Å². The van der Waals surface area contributed by atoms with Gasteiger partial charge in [-0.2, -0.15) is 0 Å². The Morgan fingerprint density at radius 3 is 2.50 bits per heavy atom. The quantitative estimate of drug-likeness (QED) is 0.530. The van der Waals surface area contributed by atoms with Gasteiger partial charge >= 0.3 is 0 Å². The Bertz CT molecular complexity index is 501. The standard InChI is InChI=1S/C17H20O3/c1-5-7-10-14(9-6-2)17(19-4)20-16-12-8-11-15(13-16)18-3/h5-13,17H,1-2H2,3-4H3/b10-7-,14-9+. The number of rotatable bonds is 8.